The molecular formula is C23H26N4O2. The predicted octanol–water partition coefficient (Wildman–Crippen LogP) is 3.67. The minimum Gasteiger partial charge on any atom is -0.385 e. The highest BCUT2D eigenvalue weighted by Crippen LogP contribution is 2.34. The van der Waals surface area contributed by atoms with E-state index in [4.69, 9.17) is 0 Å². The van der Waals surface area contributed by atoms with E-state index in [0.717, 1.165) is 16.7 Å². The molecular weight excluding hydrogens is 364 g/mol. The number of aromatic nitrogens is 3. The Morgan fingerprint density at radius 2 is 1.79 bits per heavy atom. The van der Waals surface area contributed by atoms with Gasteiger partial charge in [0.2, 0.25) is 0 Å². The van der Waals surface area contributed by atoms with Crippen molar-refractivity contribution in [2.45, 2.75) is 50.2 Å². The Bertz CT molecular complexity index is 1020. The van der Waals surface area contributed by atoms with E-state index in [-0.39, 0.29) is 5.91 Å². The number of carbonyl (C=O) groups is 1. The maximum absolute atomic E-state index is 13.0. The van der Waals surface area contributed by atoms with Crippen molar-refractivity contribution in [2.24, 2.45) is 0 Å². The predicted molar refractivity (Wildman–Crippen MR) is 111 cm³/mol. The topological polar surface area (TPSA) is 71.2 Å². The molecule has 1 amide bonds. The number of aliphatic hydroxyl groups is 1. The number of nitrogens with zero attached hydrogens (tertiary/aromatic N) is 4. The highest BCUT2D eigenvalue weighted by Gasteiger charge is 2.35. The maximum Gasteiger partial charge on any atom is 0.255 e. The molecule has 1 aliphatic carbocycles. The molecule has 5 rings (SSSR count). The number of imidazole rings is 1. The number of piperidine rings is 1. The van der Waals surface area contributed by atoms with Crippen LogP contribution in [0.15, 0.2) is 48.9 Å². The Morgan fingerprint density at radius 1 is 1.07 bits per heavy atom. The highest BCUT2D eigenvalue weighted by molar-refractivity contribution is 5.96. The molecule has 3 aromatic rings. The van der Waals surface area contributed by atoms with Crippen molar-refractivity contribution in [1.29, 1.82) is 0 Å². The van der Waals surface area contributed by atoms with E-state index in [0.29, 0.717) is 37.5 Å². The van der Waals surface area contributed by atoms with Gasteiger partial charge in [0.25, 0.3) is 5.91 Å². The lowest BCUT2D eigenvalue weighted by Gasteiger charge is -2.38. The third-order valence-electron chi connectivity index (χ3n) is 6.57. The summed E-state index contributed by atoms with van der Waals surface area (Å²) in [5.74, 6) is -0.0371. The Balaban J connectivity index is 1.31. The van der Waals surface area contributed by atoms with Gasteiger partial charge in [-0.05, 0) is 37.3 Å². The van der Waals surface area contributed by atoms with Crippen LogP contribution in [0.1, 0.15) is 60.5 Å². The van der Waals surface area contributed by atoms with Crippen molar-refractivity contribution in [1.82, 2.24) is 19.4 Å². The molecule has 3 heterocycles. The van der Waals surface area contributed by atoms with E-state index in [1.54, 1.807) is 6.20 Å². The molecule has 1 saturated heterocycles. The standard InChI is InChI=1S/C23H26N4O2/c28-22(26-12-10-23(29,11-13-26)18-6-2-1-3-7-18)17-14-20-21(24-15-17)27(16-25-20)19-8-4-5-9-19/h1-3,6-7,14-16,19,29H,4-5,8-13H2. The number of fused-ring (bicyclic) bond motifs is 1. The second-order valence-corrected chi connectivity index (χ2v) is 8.35. The van der Waals surface area contributed by atoms with Crippen LogP contribution >= 0.6 is 0 Å². The van der Waals surface area contributed by atoms with Crippen LogP contribution in [0.4, 0.5) is 0 Å². The van der Waals surface area contributed by atoms with Gasteiger partial charge in [-0.3, -0.25) is 4.79 Å². The van der Waals surface area contributed by atoms with E-state index in [2.05, 4.69) is 14.5 Å². The minimum atomic E-state index is -0.861. The highest BCUT2D eigenvalue weighted by atomic mass is 16.3. The van der Waals surface area contributed by atoms with E-state index in [9.17, 15) is 9.90 Å². The van der Waals surface area contributed by atoms with E-state index < -0.39 is 5.60 Å². The first-order valence-electron chi connectivity index (χ1n) is 10.5. The van der Waals surface area contributed by atoms with Crippen LogP contribution in [0.5, 0.6) is 0 Å². The van der Waals surface area contributed by atoms with Crippen LogP contribution in [0.3, 0.4) is 0 Å². The quantitative estimate of drug-likeness (QED) is 0.741. The second kappa shape index (κ2) is 7.26. The van der Waals surface area contributed by atoms with Crippen molar-refractivity contribution >= 4 is 17.1 Å². The molecule has 0 spiro atoms. The van der Waals surface area contributed by atoms with Crippen LogP contribution in [-0.4, -0.2) is 43.5 Å². The zero-order valence-electron chi connectivity index (χ0n) is 16.5. The number of hydrogen-bond donors (Lipinski definition) is 1. The Hall–Kier alpha value is -2.73. The molecule has 2 fully saturated rings. The Morgan fingerprint density at radius 3 is 2.52 bits per heavy atom. The molecule has 2 aromatic heterocycles. The van der Waals surface area contributed by atoms with Gasteiger partial charge in [0, 0.05) is 25.3 Å². The molecule has 0 radical (unpaired) electrons. The molecule has 6 heteroatoms. The Labute approximate surface area is 170 Å². The Kier molecular flexibility index (Phi) is 4.59. The summed E-state index contributed by atoms with van der Waals surface area (Å²) in [4.78, 5) is 23.9. The SMILES string of the molecule is O=C(c1cnc2c(c1)ncn2C1CCCC1)N1CCC(O)(c2ccccc2)CC1. The summed E-state index contributed by atoms with van der Waals surface area (Å²) in [6.07, 6.45) is 9.47. The van der Waals surface area contributed by atoms with Crippen molar-refractivity contribution in [3.8, 4) is 0 Å². The lowest BCUT2D eigenvalue weighted by atomic mass is 9.84. The summed E-state index contributed by atoms with van der Waals surface area (Å²) >= 11 is 0. The zero-order valence-corrected chi connectivity index (χ0v) is 16.5. The molecule has 2 aliphatic rings. The summed E-state index contributed by atoms with van der Waals surface area (Å²) in [5.41, 5.74) is 2.28. The van der Waals surface area contributed by atoms with Crippen LogP contribution in [0.2, 0.25) is 0 Å². The average molecular weight is 390 g/mol. The number of rotatable bonds is 3. The lowest BCUT2D eigenvalue weighted by molar-refractivity contribution is -0.0211. The third-order valence-corrected chi connectivity index (χ3v) is 6.57. The lowest BCUT2D eigenvalue weighted by Crippen LogP contribution is -2.45. The molecule has 0 bridgehead atoms. The second-order valence-electron chi connectivity index (χ2n) is 8.35. The number of likely N-dealkylation sites (tertiary alicyclic amines) is 1. The van der Waals surface area contributed by atoms with Gasteiger partial charge in [0.15, 0.2) is 5.65 Å². The first kappa shape index (κ1) is 18.3. The van der Waals surface area contributed by atoms with Gasteiger partial charge >= 0.3 is 0 Å². The fraction of sp³-hybridized carbons (Fsp3) is 0.435. The monoisotopic (exact) mass is 390 g/mol. The van der Waals surface area contributed by atoms with Crippen molar-refractivity contribution in [3.05, 3.63) is 60.0 Å². The molecule has 6 nitrogen and oxygen atoms in total. The largest absolute Gasteiger partial charge is 0.385 e. The number of carbonyl (C=O) groups excluding carboxylic acids is 1. The van der Waals surface area contributed by atoms with E-state index in [1.807, 2.05) is 47.6 Å². The fourth-order valence-corrected chi connectivity index (χ4v) is 4.78. The summed E-state index contributed by atoms with van der Waals surface area (Å²) < 4.78 is 2.16. The van der Waals surface area contributed by atoms with Gasteiger partial charge in [0.05, 0.1) is 17.5 Å². The van der Waals surface area contributed by atoms with Crippen molar-refractivity contribution in [3.63, 3.8) is 0 Å². The van der Waals surface area contributed by atoms with Crippen molar-refractivity contribution in [2.75, 3.05) is 13.1 Å². The molecule has 0 unspecified atom stereocenters. The number of amides is 1. The van der Waals surface area contributed by atoms with E-state index >= 15 is 0 Å². The molecule has 1 N–H and O–H groups in total. The van der Waals surface area contributed by atoms with Gasteiger partial charge < -0.3 is 14.6 Å². The number of pyridine rings is 1. The molecule has 29 heavy (non-hydrogen) atoms. The van der Waals surface area contributed by atoms with Crippen LogP contribution in [0.25, 0.3) is 11.2 Å². The average Bonchev–Trinajstić information content (AvgIpc) is 3.43. The van der Waals surface area contributed by atoms with Gasteiger partial charge in [0.1, 0.15) is 5.52 Å². The summed E-state index contributed by atoms with van der Waals surface area (Å²) in [6, 6.07) is 12.1. The normalized spacial score (nSPS) is 19.7. The summed E-state index contributed by atoms with van der Waals surface area (Å²) in [6.45, 7) is 1.05. The maximum atomic E-state index is 13.0. The number of hydrogen-bond acceptors (Lipinski definition) is 4. The van der Waals surface area contributed by atoms with E-state index in [1.165, 1.54) is 25.7 Å². The van der Waals surface area contributed by atoms with Crippen LogP contribution in [0, 0.1) is 0 Å². The smallest absolute Gasteiger partial charge is 0.255 e. The molecule has 1 saturated carbocycles. The van der Waals surface area contributed by atoms with Gasteiger partial charge in [-0.25, -0.2) is 9.97 Å². The first-order valence-corrected chi connectivity index (χ1v) is 10.5. The fourth-order valence-electron chi connectivity index (χ4n) is 4.78. The van der Waals surface area contributed by atoms with Gasteiger partial charge in [-0.2, -0.15) is 0 Å². The summed E-state index contributed by atoms with van der Waals surface area (Å²) in [5, 5.41) is 11.0. The van der Waals surface area contributed by atoms with Gasteiger partial charge in [-0.15, -0.1) is 0 Å². The third kappa shape index (κ3) is 3.31. The molecule has 1 aliphatic heterocycles. The first-order chi connectivity index (χ1) is 14.1. The van der Waals surface area contributed by atoms with Gasteiger partial charge in [-0.1, -0.05) is 43.2 Å². The number of benzene rings is 1. The molecule has 150 valence electrons. The van der Waals surface area contributed by atoms with Crippen LogP contribution in [-0.2, 0) is 5.60 Å². The van der Waals surface area contributed by atoms with Crippen LogP contribution < -0.4 is 0 Å². The zero-order chi connectivity index (χ0) is 19.8. The molecule has 1 aromatic carbocycles. The summed E-state index contributed by atoms with van der Waals surface area (Å²) in [7, 11) is 0. The van der Waals surface area contributed by atoms with Crippen molar-refractivity contribution < 1.29 is 9.90 Å². The minimum absolute atomic E-state index is 0.0371. The molecule has 0 atom stereocenters.